The van der Waals surface area contributed by atoms with Crippen LogP contribution in [-0.4, -0.2) is 50.8 Å². The van der Waals surface area contributed by atoms with Crippen LogP contribution in [0.15, 0.2) is 58.1 Å². The molecule has 1 saturated heterocycles. The number of benzene rings is 2. The van der Waals surface area contributed by atoms with Gasteiger partial charge in [0.25, 0.3) is 11.5 Å². The number of alkyl halides is 3. The van der Waals surface area contributed by atoms with Crippen molar-refractivity contribution in [1.82, 2.24) is 19.2 Å². The zero-order valence-corrected chi connectivity index (χ0v) is 20.8. The second-order valence-electron chi connectivity index (χ2n) is 8.93. The molecule has 1 amide bonds. The maximum absolute atomic E-state index is 14.6. The van der Waals surface area contributed by atoms with E-state index in [1.54, 1.807) is 6.92 Å². The van der Waals surface area contributed by atoms with Gasteiger partial charge in [-0.2, -0.15) is 23.0 Å². The molecule has 0 saturated carbocycles. The van der Waals surface area contributed by atoms with E-state index in [9.17, 15) is 36.7 Å². The molecule has 1 aliphatic rings. The highest BCUT2D eigenvalue weighted by atomic mass is 19.4. The van der Waals surface area contributed by atoms with Crippen LogP contribution in [-0.2, 0) is 22.3 Å². The van der Waals surface area contributed by atoms with Crippen molar-refractivity contribution in [1.29, 1.82) is 0 Å². The number of hydrogen-bond acceptors (Lipinski definition) is 6. The average Bonchev–Trinajstić information content (AvgIpc) is 2.91. The molecule has 0 aliphatic carbocycles. The molecular formula is C26H24F4N4O5. The van der Waals surface area contributed by atoms with E-state index in [1.165, 1.54) is 29.2 Å². The Morgan fingerprint density at radius 2 is 1.85 bits per heavy atom. The predicted octanol–water partition coefficient (Wildman–Crippen LogP) is 3.02. The molecule has 39 heavy (non-hydrogen) atoms. The van der Waals surface area contributed by atoms with Crippen LogP contribution in [0.2, 0.25) is 0 Å². The van der Waals surface area contributed by atoms with Gasteiger partial charge in [-0.1, -0.05) is 24.3 Å². The SMILES string of the molecule is CCOC(=O)C1CCCN(C(=O)c2nn(-c3ccccc3F)c(=O)n(Cc3cccc(C(F)(F)F)c3)c2=O)C1. The zero-order chi connectivity index (χ0) is 28.3. The number of nitrogens with zero attached hydrogens (tertiary/aromatic N) is 4. The van der Waals surface area contributed by atoms with E-state index in [4.69, 9.17) is 4.74 Å². The summed E-state index contributed by atoms with van der Waals surface area (Å²) in [6.07, 6.45) is -3.78. The Kier molecular flexibility index (Phi) is 7.98. The van der Waals surface area contributed by atoms with Crippen molar-refractivity contribution in [2.45, 2.75) is 32.5 Å². The van der Waals surface area contributed by atoms with Crippen LogP contribution in [0.5, 0.6) is 0 Å². The fourth-order valence-electron chi connectivity index (χ4n) is 4.36. The smallest absolute Gasteiger partial charge is 0.416 e. The number of para-hydroxylation sites is 1. The maximum Gasteiger partial charge on any atom is 0.416 e. The van der Waals surface area contributed by atoms with Gasteiger partial charge in [-0.3, -0.25) is 19.0 Å². The molecule has 1 fully saturated rings. The van der Waals surface area contributed by atoms with Gasteiger partial charge < -0.3 is 9.64 Å². The lowest BCUT2D eigenvalue weighted by atomic mass is 9.98. The molecule has 1 aromatic heterocycles. The van der Waals surface area contributed by atoms with Gasteiger partial charge in [0.15, 0.2) is 0 Å². The quantitative estimate of drug-likeness (QED) is 0.347. The van der Waals surface area contributed by atoms with Crippen molar-refractivity contribution in [2.75, 3.05) is 19.7 Å². The molecule has 0 N–H and O–H groups in total. The van der Waals surface area contributed by atoms with Gasteiger partial charge >= 0.3 is 17.8 Å². The van der Waals surface area contributed by atoms with Crippen LogP contribution < -0.4 is 11.2 Å². The second-order valence-corrected chi connectivity index (χ2v) is 8.93. The molecule has 1 unspecified atom stereocenters. The van der Waals surface area contributed by atoms with Crippen molar-refractivity contribution >= 4 is 11.9 Å². The van der Waals surface area contributed by atoms with Crippen molar-refractivity contribution in [3.8, 4) is 5.69 Å². The third-order valence-corrected chi connectivity index (χ3v) is 6.27. The van der Waals surface area contributed by atoms with Crippen molar-refractivity contribution < 1.29 is 31.9 Å². The maximum atomic E-state index is 14.6. The minimum atomic E-state index is -4.67. The molecule has 9 nitrogen and oxygen atoms in total. The molecular weight excluding hydrogens is 524 g/mol. The lowest BCUT2D eigenvalue weighted by Crippen LogP contribution is -2.49. The number of piperidine rings is 1. The van der Waals surface area contributed by atoms with Gasteiger partial charge in [0.1, 0.15) is 11.5 Å². The third kappa shape index (κ3) is 5.91. The Morgan fingerprint density at radius 1 is 1.10 bits per heavy atom. The molecule has 2 heterocycles. The van der Waals surface area contributed by atoms with Crippen LogP contribution in [0, 0.1) is 11.7 Å². The molecule has 0 radical (unpaired) electrons. The van der Waals surface area contributed by atoms with Gasteiger partial charge in [-0.05, 0) is 49.6 Å². The summed E-state index contributed by atoms with van der Waals surface area (Å²) >= 11 is 0. The lowest BCUT2D eigenvalue weighted by molar-refractivity contribution is -0.149. The number of ether oxygens (including phenoxy) is 1. The van der Waals surface area contributed by atoms with E-state index in [0.29, 0.717) is 22.1 Å². The Morgan fingerprint density at radius 3 is 2.54 bits per heavy atom. The molecule has 13 heteroatoms. The first-order chi connectivity index (χ1) is 18.5. The first kappa shape index (κ1) is 27.7. The van der Waals surface area contributed by atoms with Crippen LogP contribution in [0.1, 0.15) is 41.4 Å². The van der Waals surface area contributed by atoms with E-state index >= 15 is 0 Å². The van der Waals surface area contributed by atoms with E-state index in [2.05, 4.69) is 5.10 Å². The highest BCUT2D eigenvalue weighted by Crippen LogP contribution is 2.29. The second kappa shape index (κ2) is 11.2. The van der Waals surface area contributed by atoms with Gasteiger partial charge in [0.05, 0.1) is 24.6 Å². The number of aromatic nitrogens is 3. The number of halogens is 4. The van der Waals surface area contributed by atoms with Crippen LogP contribution in [0.3, 0.4) is 0 Å². The molecule has 1 aliphatic heterocycles. The summed E-state index contributed by atoms with van der Waals surface area (Å²) in [6, 6.07) is 9.02. The minimum Gasteiger partial charge on any atom is -0.466 e. The topological polar surface area (TPSA) is 104 Å². The zero-order valence-electron chi connectivity index (χ0n) is 20.8. The number of esters is 1. The molecule has 1 atom stereocenters. The fourth-order valence-corrected chi connectivity index (χ4v) is 4.36. The summed E-state index contributed by atoms with van der Waals surface area (Å²) in [4.78, 5) is 53.6. The van der Waals surface area contributed by atoms with Gasteiger partial charge in [-0.15, -0.1) is 0 Å². The Bertz CT molecular complexity index is 1520. The number of rotatable bonds is 6. The highest BCUT2D eigenvalue weighted by molar-refractivity contribution is 5.92. The Labute approximate surface area is 219 Å². The summed E-state index contributed by atoms with van der Waals surface area (Å²) in [6.45, 7) is 1.28. The average molecular weight is 548 g/mol. The van der Waals surface area contributed by atoms with Crippen molar-refractivity contribution in [3.63, 3.8) is 0 Å². The third-order valence-electron chi connectivity index (χ3n) is 6.27. The summed E-state index contributed by atoms with van der Waals surface area (Å²) in [5.74, 6) is -2.92. The Balaban J connectivity index is 1.81. The molecule has 0 spiro atoms. The predicted molar refractivity (Wildman–Crippen MR) is 130 cm³/mol. The van der Waals surface area contributed by atoms with E-state index in [-0.39, 0.29) is 30.9 Å². The summed E-state index contributed by atoms with van der Waals surface area (Å²) in [5.41, 5.74) is -4.46. The van der Waals surface area contributed by atoms with Gasteiger partial charge in [-0.25, -0.2) is 9.18 Å². The highest BCUT2D eigenvalue weighted by Gasteiger charge is 2.33. The number of amides is 1. The standard InChI is InChI=1S/C26H24F4N4O5/c1-2-39-24(37)17-8-6-12-32(15-17)22(35)21-23(36)33(14-16-7-5-9-18(13-16)26(28,29)30)25(38)34(31-21)20-11-4-3-10-19(20)27/h3-5,7,9-11,13,17H,2,6,8,12,14-15H2,1H3. The first-order valence-corrected chi connectivity index (χ1v) is 12.1. The van der Waals surface area contributed by atoms with E-state index in [0.717, 1.165) is 24.3 Å². The fraction of sp³-hybridized carbons (Fsp3) is 0.346. The summed E-state index contributed by atoms with van der Waals surface area (Å²) < 4.78 is 60.5. The first-order valence-electron chi connectivity index (χ1n) is 12.1. The van der Waals surface area contributed by atoms with E-state index in [1.807, 2.05) is 0 Å². The molecule has 4 rings (SSSR count). The largest absolute Gasteiger partial charge is 0.466 e. The van der Waals surface area contributed by atoms with Crippen molar-refractivity contribution in [3.05, 3.63) is 92.0 Å². The normalized spacial score (nSPS) is 15.7. The summed E-state index contributed by atoms with van der Waals surface area (Å²) in [5, 5.41) is 3.89. The molecule has 3 aromatic rings. The van der Waals surface area contributed by atoms with Gasteiger partial charge in [0.2, 0.25) is 5.69 Å². The molecule has 0 bridgehead atoms. The lowest BCUT2D eigenvalue weighted by Gasteiger charge is -2.31. The van der Waals surface area contributed by atoms with Crippen LogP contribution in [0.4, 0.5) is 17.6 Å². The Hall–Kier alpha value is -4.29. The van der Waals surface area contributed by atoms with Crippen LogP contribution >= 0.6 is 0 Å². The monoisotopic (exact) mass is 548 g/mol. The minimum absolute atomic E-state index is 0.0472. The number of likely N-dealkylation sites (tertiary alicyclic amines) is 1. The number of carbonyl (C=O) groups is 2. The van der Waals surface area contributed by atoms with Crippen molar-refractivity contribution in [2.24, 2.45) is 5.92 Å². The number of hydrogen-bond donors (Lipinski definition) is 0. The molecule has 206 valence electrons. The van der Waals surface area contributed by atoms with Crippen LogP contribution in [0.25, 0.3) is 5.69 Å². The number of carbonyl (C=O) groups excluding carboxylic acids is 2. The van der Waals surface area contributed by atoms with E-state index < -0.39 is 58.8 Å². The molecule has 2 aromatic carbocycles. The summed E-state index contributed by atoms with van der Waals surface area (Å²) in [7, 11) is 0. The van der Waals surface area contributed by atoms with Gasteiger partial charge in [0, 0.05) is 13.1 Å².